The zero-order valence-corrected chi connectivity index (χ0v) is 16.8. The molecule has 2 N–H and O–H groups in total. The first kappa shape index (κ1) is 22.1. The van der Waals surface area contributed by atoms with E-state index < -0.39 is 12.7 Å². The molecular formula is C20H26F4N6. The second kappa shape index (κ2) is 9.92. The molecule has 0 aliphatic carbocycles. The quantitative estimate of drug-likeness (QED) is 0.406. The second-order valence-electron chi connectivity index (χ2n) is 7.22. The zero-order chi connectivity index (χ0) is 21.6. The number of halogens is 4. The number of hydrogen-bond acceptors (Lipinski definition) is 3. The van der Waals surface area contributed by atoms with Crippen LogP contribution >= 0.6 is 0 Å². The third kappa shape index (κ3) is 6.72. The first-order valence-electron chi connectivity index (χ1n) is 9.97. The lowest BCUT2D eigenvalue weighted by molar-refractivity contribution is -0.143. The number of likely N-dealkylation sites (tertiary alicyclic amines) is 1. The Balaban J connectivity index is 1.51. The van der Waals surface area contributed by atoms with Crippen molar-refractivity contribution in [2.45, 2.75) is 32.0 Å². The van der Waals surface area contributed by atoms with Gasteiger partial charge in [-0.1, -0.05) is 0 Å². The van der Waals surface area contributed by atoms with Gasteiger partial charge in [0, 0.05) is 44.8 Å². The van der Waals surface area contributed by atoms with Crippen LogP contribution in [0.4, 0.5) is 17.6 Å². The number of alkyl halides is 3. The highest BCUT2D eigenvalue weighted by Gasteiger charge is 2.34. The van der Waals surface area contributed by atoms with E-state index in [1.807, 2.05) is 19.2 Å². The first-order chi connectivity index (χ1) is 14.3. The number of aliphatic imine (C=N–C) groups is 1. The number of rotatable bonds is 7. The largest absolute Gasteiger partial charge is 0.401 e. The lowest BCUT2D eigenvalue weighted by Crippen LogP contribution is -2.45. The van der Waals surface area contributed by atoms with Gasteiger partial charge in [0.1, 0.15) is 5.82 Å². The number of hydrogen-bond donors (Lipinski definition) is 2. The van der Waals surface area contributed by atoms with E-state index in [4.69, 9.17) is 0 Å². The van der Waals surface area contributed by atoms with Crippen molar-refractivity contribution >= 4 is 5.96 Å². The Morgan fingerprint density at radius 2 is 2.00 bits per heavy atom. The molecule has 2 heterocycles. The molecule has 2 aromatic rings. The molecule has 0 bridgehead atoms. The summed E-state index contributed by atoms with van der Waals surface area (Å²) in [6.45, 7) is 2.95. The molecule has 1 aromatic carbocycles. The Labute approximate surface area is 173 Å². The molecule has 3 rings (SSSR count). The van der Waals surface area contributed by atoms with Gasteiger partial charge in [-0.3, -0.25) is 9.89 Å². The summed E-state index contributed by atoms with van der Waals surface area (Å²) in [4.78, 5) is 5.93. The van der Waals surface area contributed by atoms with Crippen LogP contribution in [0.15, 0.2) is 41.5 Å². The molecule has 1 aliphatic heterocycles. The van der Waals surface area contributed by atoms with Gasteiger partial charge >= 0.3 is 6.18 Å². The molecule has 0 spiro atoms. The van der Waals surface area contributed by atoms with Gasteiger partial charge in [0.15, 0.2) is 5.96 Å². The van der Waals surface area contributed by atoms with Gasteiger partial charge in [0.25, 0.3) is 0 Å². The summed E-state index contributed by atoms with van der Waals surface area (Å²) < 4.78 is 52.4. The van der Waals surface area contributed by atoms with Crippen LogP contribution in [0.5, 0.6) is 0 Å². The van der Waals surface area contributed by atoms with Crippen molar-refractivity contribution in [2.75, 3.05) is 32.7 Å². The maximum atomic E-state index is 13.0. The molecule has 0 radical (unpaired) electrons. The van der Waals surface area contributed by atoms with Gasteiger partial charge in [0.2, 0.25) is 0 Å². The van der Waals surface area contributed by atoms with E-state index in [1.165, 1.54) is 17.0 Å². The Morgan fingerprint density at radius 3 is 2.70 bits per heavy atom. The monoisotopic (exact) mass is 426 g/mol. The molecule has 6 nitrogen and oxygen atoms in total. The summed E-state index contributed by atoms with van der Waals surface area (Å²) in [5.74, 6) is 0.294. The summed E-state index contributed by atoms with van der Waals surface area (Å²) >= 11 is 0. The number of benzene rings is 1. The molecule has 1 aromatic heterocycles. The van der Waals surface area contributed by atoms with Crippen LogP contribution in [0.2, 0.25) is 0 Å². The van der Waals surface area contributed by atoms with Crippen LogP contribution in [-0.2, 0) is 6.42 Å². The Hall–Kier alpha value is -2.62. The van der Waals surface area contributed by atoms with Gasteiger partial charge in [0.05, 0.1) is 17.9 Å². The van der Waals surface area contributed by atoms with Gasteiger partial charge in [-0.2, -0.15) is 18.3 Å². The average molecular weight is 426 g/mol. The van der Waals surface area contributed by atoms with E-state index >= 15 is 0 Å². The fraction of sp³-hybridized carbons (Fsp3) is 0.500. The lowest BCUT2D eigenvalue weighted by Gasteiger charge is -2.19. The molecule has 10 heteroatoms. The maximum Gasteiger partial charge on any atom is 0.401 e. The third-order valence-corrected chi connectivity index (χ3v) is 4.73. The predicted octanol–water partition coefficient (Wildman–Crippen LogP) is 2.75. The summed E-state index contributed by atoms with van der Waals surface area (Å²) in [5, 5.41) is 10.8. The van der Waals surface area contributed by atoms with Crippen LogP contribution in [0, 0.1) is 5.82 Å². The molecule has 1 saturated heterocycles. The van der Waals surface area contributed by atoms with Crippen molar-refractivity contribution in [3.63, 3.8) is 0 Å². The number of guanidine groups is 1. The summed E-state index contributed by atoms with van der Waals surface area (Å²) in [7, 11) is 0. The fourth-order valence-electron chi connectivity index (χ4n) is 3.38. The number of nitrogens with one attached hydrogen (secondary N) is 2. The number of aromatic nitrogens is 2. The van der Waals surface area contributed by atoms with Crippen LogP contribution in [-0.4, -0.2) is 65.6 Å². The SMILES string of the molecule is CCNC(=NCCc1ccn(-c2ccc(F)cc2)n1)NC1CCN(CC(F)(F)F)C1. The molecule has 0 amide bonds. The van der Waals surface area contributed by atoms with Gasteiger partial charge in [-0.25, -0.2) is 9.07 Å². The normalized spacial score (nSPS) is 18.0. The predicted molar refractivity (Wildman–Crippen MR) is 107 cm³/mol. The van der Waals surface area contributed by atoms with Crippen molar-refractivity contribution < 1.29 is 17.6 Å². The summed E-state index contributed by atoms with van der Waals surface area (Å²) in [6.07, 6.45) is -1.12. The molecule has 164 valence electrons. The molecule has 1 fully saturated rings. The van der Waals surface area contributed by atoms with Crippen LogP contribution in [0.1, 0.15) is 19.0 Å². The van der Waals surface area contributed by atoms with E-state index in [9.17, 15) is 17.6 Å². The minimum atomic E-state index is -4.18. The van der Waals surface area contributed by atoms with Crippen LogP contribution in [0.25, 0.3) is 5.69 Å². The fourth-order valence-corrected chi connectivity index (χ4v) is 3.38. The van der Waals surface area contributed by atoms with Gasteiger partial charge in [-0.05, 0) is 43.7 Å². The molecular weight excluding hydrogens is 400 g/mol. The molecule has 1 aliphatic rings. The molecule has 1 atom stereocenters. The Morgan fingerprint density at radius 1 is 1.23 bits per heavy atom. The maximum absolute atomic E-state index is 13.0. The van der Waals surface area contributed by atoms with Crippen molar-refractivity contribution in [1.29, 1.82) is 0 Å². The summed E-state index contributed by atoms with van der Waals surface area (Å²) in [6, 6.07) is 7.89. The van der Waals surface area contributed by atoms with Gasteiger partial charge in [-0.15, -0.1) is 0 Å². The van der Waals surface area contributed by atoms with Crippen LogP contribution in [0.3, 0.4) is 0 Å². The van der Waals surface area contributed by atoms with E-state index in [1.54, 1.807) is 16.8 Å². The minimum absolute atomic E-state index is 0.0668. The number of nitrogens with zero attached hydrogens (tertiary/aromatic N) is 4. The van der Waals surface area contributed by atoms with Crippen LogP contribution < -0.4 is 10.6 Å². The topological polar surface area (TPSA) is 57.5 Å². The highest BCUT2D eigenvalue weighted by molar-refractivity contribution is 5.80. The van der Waals surface area contributed by atoms with Crippen molar-refractivity contribution in [1.82, 2.24) is 25.3 Å². The minimum Gasteiger partial charge on any atom is -0.357 e. The zero-order valence-electron chi connectivity index (χ0n) is 16.8. The second-order valence-corrected chi connectivity index (χ2v) is 7.22. The van der Waals surface area contributed by atoms with Crippen molar-refractivity contribution in [3.8, 4) is 5.69 Å². The Kier molecular flexibility index (Phi) is 7.30. The summed E-state index contributed by atoms with van der Waals surface area (Å²) in [5.41, 5.74) is 1.61. The molecule has 30 heavy (non-hydrogen) atoms. The van der Waals surface area contributed by atoms with E-state index in [2.05, 4.69) is 20.7 Å². The molecule has 1 unspecified atom stereocenters. The van der Waals surface area contributed by atoms with E-state index in [-0.39, 0.29) is 11.9 Å². The first-order valence-corrected chi connectivity index (χ1v) is 9.97. The Bertz CT molecular complexity index is 831. The highest BCUT2D eigenvalue weighted by atomic mass is 19.4. The lowest BCUT2D eigenvalue weighted by atomic mass is 10.3. The third-order valence-electron chi connectivity index (χ3n) is 4.73. The highest BCUT2D eigenvalue weighted by Crippen LogP contribution is 2.20. The van der Waals surface area contributed by atoms with Gasteiger partial charge < -0.3 is 10.6 Å². The van der Waals surface area contributed by atoms with Crippen molar-refractivity contribution in [2.24, 2.45) is 4.99 Å². The van der Waals surface area contributed by atoms with E-state index in [0.29, 0.717) is 45.0 Å². The molecule has 0 saturated carbocycles. The average Bonchev–Trinajstić information content (AvgIpc) is 3.31. The van der Waals surface area contributed by atoms with E-state index in [0.717, 1.165) is 11.4 Å². The standard InChI is InChI=1S/C20H26F4N6/c1-2-25-19(27-17-8-11-29(13-17)14-20(22,23)24)26-10-7-16-9-12-30(28-16)18-5-3-15(21)4-6-18/h3-6,9,12,17H,2,7-8,10-11,13-14H2,1H3,(H2,25,26,27). The smallest absolute Gasteiger partial charge is 0.357 e. The van der Waals surface area contributed by atoms with Crippen molar-refractivity contribution in [3.05, 3.63) is 48.0 Å².